The van der Waals surface area contributed by atoms with E-state index < -0.39 is 6.09 Å². The quantitative estimate of drug-likeness (QED) is 0.769. The van der Waals surface area contributed by atoms with Crippen LogP contribution in [0.5, 0.6) is 5.75 Å². The number of hydrogen-bond acceptors (Lipinski definition) is 5. The average molecular weight is 343 g/mol. The monoisotopic (exact) mass is 343 g/mol. The second kappa shape index (κ2) is 9.92. The first-order chi connectivity index (χ1) is 12.2. The predicted octanol–water partition coefficient (Wildman–Crippen LogP) is 2.74. The maximum Gasteiger partial charge on any atom is 0.407 e. The molecule has 132 valence electrons. The molecule has 2 amide bonds. The van der Waals surface area contributed by atoms with E-state index in [1.54, 1.807) is 37.5 Å². The maximum absolute atomic E-state index is 11.9. The van der Waals surface area contributed by atoms with Crippen molar-refractivity contribution in [2.75, 3.05) is 18.5 Å². The lowest BCUT2D eigenvalue weighted by Gasteiger charge is -2.09. The van der Waals surface area contributed by atoms with Crippen LogP contribution in [0, 0.1) is 0 Å². The number of amides is 2. The normalized spacial score (nSPS) is 9.96. The third-order valence-electron chi connectivity index (χ3n) is 3.14. The Morgan fingerprint density at radius 3 is 2.84 bits per heavy atom. The van der Waals surface area contributed by atoms with Crippen molar-refractivity contribution in [2.45, 2.75) is 20.0 Å². The number of aromatic nitrogens is 1. The fourth-order valence-corrected chi connectivity index (χ4v) is 2.00. The van der Waals surface area contributed by atoms with Gasteiger partial charge in [0.2, 0.25) is 5.91 Å². The van der Waals surface area contributed by atoms with Crippen molar-refractivity contribution < 1.29 is 19.1 Å². The van der Waals surface area contributed by atoms with Gasteiger partial charge in [0.1, 0.15) is 12.4 Å². The molecule has 0 saturated heterocycles. The molecule has 0 atom stereocenters. The van der Waals surface area contributed by atoms with E-state index in [-0.39, 0.29) is 18.9 Å². The molecule has 0 saturated carbocycles. The molecule has 2 N–H and O–H groups in total. The van der Waals surface area contributed by atoms with Crippen molar-refractivity contribution in [3.8, 4) is 5.75 Å². The minimum absolute atomic E-state index is 0.152. The van der Waals surface area contributed by atoms with Crippen molar-refractivity contribution in [1.29, 1.82) is 0 Å². The van der Waals surface area contributed by atoms with E-state index >= 15 is 0 Å². The standard InChI is InChI=1S/C18H21N3O4/c1-2-24-18(23)20-10-8-17(22)21-15-6-3-7-16(11-15)25-13-14-5-4-9-19-12-14/h3-7,9,11-12H,2,8,10,13H2,1H3,(H,20,23)(H,21,22). The van der Waals surface area contributed by atoms with Gasteiger partial charge in [-0.05, 0) is 25.1 Å². The molecule has 0 aliphatic heterocycles. The number of rotatable bonds is 8. The van der Waals surface area contributed by atoms with Crippen LogP contribution in [-0.4, -0.2) is 30.1 Å². The highest BCUT2D eigenvalue weighted by Gasteiger charge is 2.06. The largest absolute Gasteiger partial charge is 0.489 e. The predicted molar refractivity (Wildman–Crippen MR) is 93.3 cm³/mol. The molecular formula is C18H21N3O4. The summed E-state index contributed by atoms with van der Waals surface area (Å²) in [6.45, 7) is 2.62. The molecular weight excluding hydrogens is 322 g/mol. The topological polar surface area (TPSA) is 89.5 Å². The molecule has 0 unspecified atom stereocenters. The van der Waals surface area contributed by atoms with Crippen LogP contribution in [0.2, 0.25) is 0 Å². The molecule has 0 spiro atoms. The summed E-state index contributed by atoms with van der Waals surface area (Å²) in [6, 6.07) is 10.9. The summed E-state index contributed by atoms with van der Waals surface area (Å²) in [5, 5.41) is 5.26. The lowest BCUT2D eigenvalue weighted by atomic mass is 10.2. The first-order valence-electron chi connectivity index (χ1n) is 7.99. The Labute approximate surface area is 146 Å². The third-order valence-corrected chi connectivity index (χ3v) is 3.14. The van der Waals surface area contributed by atoms with Crippen molar-refractivity contribution in [3.63, 3.8) is 0 Å². The molecule has 1 heterocycles. The number of pyridine rings is 1. The van der Waals surface area contributed by atoms with Gasteiger partial charge < -0.3 is 20.1 Å². The number of nitrogens with one attached hydrogen (secondary N) is 2. The molecule has 7 nitrogen and oxygen atoms in total. The Kier molecular flexibility index (Phi) is 7.24. The van der Waals surface area contributed by atoms with Gasteiger partial charge >= 0.3 is 6.09 Å². The summed E-state index contributed by atoms with van der Waals surface area (Å²) in [5.74, 6) is 0.438. The fraction of sp³-hybridized carbons (Fsp3) is 0.278. The number of anilines is 1. The molecule has 1 aromatic heterocycles. The van der Waals surface area contributed by atoms with Crippen LogP contribution >= 0.6 is 0 Å². The summed E-state index contributed by atoms with van der Waals surface area (Å²) in [5.41, 5.74) is 1.59. The highest BCUT2D eigenvalue weighted by atomic mass is 16.5. The number of carbonyl (C=O) groups is 2. The van der Waals surface area contributed by atoms with Crippen molar-refractivity contribution in [1.82, 2.24) is 10.3 Å². The Bertz CT molecular complexity index is 692. The summed E-state index contributed by atoms with van der Waals surface area (Å²) >= 11 is 0. The van der Waals surface area contributed by atoms with E-state index in [0.29, 0.717) is 24.7 Å². The van der Waals surface area contributed by atoms with Crippen LogP contribution in [0.15, 0.2) is 48.8 Å². The van der Waals surface area contributed by atoms with Crippen LogP contribution in [0.1, 0.15) is 18.9 Å². The molecule has 0 radical (unpaired) electrons. The minimum atomic E-state index is -0.527. The minimum Gasteiger partial charge on any atom is -0.489 e. The lowest BCUT2D eigenvalue weighted by molar-refractivity contribution is -0.116. The van der Waals surface area contributed by atoms with Crippen LogP contribution in [0.4, 0.5) is 10.5 Å². The van der Waals surface area contributed by atoms with E-state index in [1.165, 1.54) is 0 Å². The van der Waals surface area contributed by atoms with Crippen LogP contribution in [-0.2, 0) is 16.1 Å². The van der Waals surface area contributed by atoms with Crippen molar-refractivity contribution >= 4 is 17.7 Å². The molecule has 1 aromatic carbocycles. The first kappa shape index (κ1) is 18.3. The molecule has 25 heavy (non-hydrogen) atoms. The number of hydrogen-bond donors (Lipinski definition) is 2. The number of carbonyl (C=O) groups excluding carboxylic acids is 2. The van der Waals surface area contributed by atoms with E-state index in [2.05, 4.69) is 15.6 Å². The van der Waals surface area contributed by atoms with Gasteiger partial charge in [-0.25, -0.2) is 4.79 Å². The molecule has 0 aliphatic rings. The average Bonchev–Trinajstić information content (AvgIpc) is 2.61. The highest BCUT2D eigenvalue weighted by molar-refractivity contribution is 5.91. The van der Waals surface area contributed by atoms with Gasteiger partial charge in [0, 0.05) is 42.7 Å². The van der Waals surface area contributed by atoms with Gasteiger partial charge in [0.25, 0.3) is 0 Å². The maximum atomic E-state index is 11.9. The zero-order valence-electron chi connectivity index (χ0n) is 14.0. The number of ether oxygens (including phenoxy) is 2. The molecule has 2 aromatic rings. The third kappa shape index (κ3) is 6.90. The highest BCUT2D eigenvalue weighted by Crippen LogP contribution is 2.18. The van der Waals surface area contributed by atoms with Crippen molar-refractivity contribution in [2.24, 2.45) is 0 Å². The fourth-order valence-electron chi connectivity index (χ4n) is 2.00. The SMILES string of the molecule is CCOC(=O)NCCC(=O)Nc1cccc(OCc2cccnc2)c1. The van der Waals surface area contributed by atoms with Gasteiger partial charge in [-0.3, -0.25) is 9.78 Å². The van der Waals surface area contributed by atoms with E-state index in [4.69, 9.17) is 9.47 Å². The van der Waals surface area contributed by atoms with Crippen molar-refractivity contribution in [3.05, 3.63) is 54.4 Å². The number of nitrogens with zero attached hydrogens (tertiary/aromatic N) is 1. The first-order valence-corrected chi connectivity index (χ1v) is 7.99. The Balaban J connectivity index is 1.78. The van der Waals surface area contributed by atoms with E-state index in [0.717, 1.165) is 5.56 Å². The molecule has 0 aliphatic carbocycles. The summed E-state index contributed by atoms with van der Waals surface area (Å²) < 4.78 is 10.4. The number of benzene rings is 1. The molecule has 2 rings (SSSR count). The van der Waals surface area contributed by atoms with Gasteiger partial charge in [-0.15, -0.1) is 0 Å². The van der Waals surface area contributed by atoms with Gasteiger partial charge in [0.15, 0.2) is 0 Å². The lowest BCUT2D eigenvalue weighted by Crippen LogP contribution is -2.28. The summed E-state index contributed by atoms with van der Waals surface area (Å²) in [7, 11) is 0. The second-order valence-electron chi connectivity index (χ2n) is 5.12. The van der Waals surface area contributed by atoms with Gasteiger partial charge in [-0.2, -0.15) is 0 Å². The zero-order chi connectivity index (χ0) is 17.9. The van der Waals surface area contributed by atoms with Gasteiger partial charge in [-0.1, -0.05) is 12.1 Å². The Morgan fingerprint density at radius 1 is 1.20 bits per heavy atom. The van der Waals surface area contributed by atoms with Crippen LogP contribution in [0.3, 0.4) is 0 Å². The Hall–Kier alpha value is -3.09. The summed E-state index contributed by atoms with van der Waals surface area (Å²) in [4.78, 5) is 27.1. The van der Waals surface area contributed by atoms with Gasteiger partial charge in [0.05, 0.1) is 6.61 Å². The smallest absolute Gasteiger partial charge is 0.407 e. The van der Waals surface area contributed by atoms with E-state index in [9.17, 15) is 9.59 Å². The molecule has 7 heteroatoms. The molecule has 0 bridgehead atoms. The Morgan fingerprint density at radius 2 is 2.08 bits per heavy atom. The number of alkyl carbamates (subject to hydrolysis) is 1. The summed E-state index contributed by atoms with van der Waals surface area (Å²) in [6.07, 6.45) is 3.07. The second-order valence-corrected chi connectivity index (χ2v) is 5.12. The van der Waals surface area contributed by atoms with E-state index in [1.807, 2.05) is 18.2 Å². The molecule has 0 fully saturated rings. The zero-order valence-corrected chi connectivity index (χ0v) is 14.0. The van der Waals surface area contributed by atoms with Crippen LogP contribution < -0.4 is 15.4 Å². The van der Waals surface area contributed by atoms with Crippen LogP contribution in [0.25, 0.3) is 0 Å².